The van der Waals surface area contributed by atoms with E-state index in [0.717, 1.165) is 24.8 Å². The number of pyridine rings is 1. The predicted molar refractivity (Wildman–Crippen MR) is 67.3 cm³/mol. The van der Waals surface area contributed by atoms with Crippen LogP contribution >= 0.6 is 0 Å². The van der Waals surface area contributed by atoms with Crippen molar-refractivity contribution in [3.05, 3.63) is 30.1 Å². The standard InChI is InChI=1S/C14H22N2/c1-12-5-4-6-13(12)11-15-10-8-14-7-2-3-9-16-14/h2-3,7,9,12-13,15H,4-6,8,10-11H2,1H3. The quantitative estimate of drug-likeness (QED) is 0.769. The first-order valence-corrected chi connectivity index (χ1v) is 6.47. The zero-order valence-electron chi connectivity index (χ0n) is 10.2. The van der Waals surface area contributed by atoms with Crippen LogP contribution in [0.4, 0.5) is 0 Å². The molecule has 2 heteroatoms. The van der Waals surface area contributed by atoms with Gasteiger partial charge in [0.05, 0.1) is 0 Å². The zero-order chi connectivity index (χ0) is 11.2. The van der Waals surface area contributed by atoms with E-state index in [9.17, 15) is 0 Å². The molecule has 0 radical (unpaired) electrons. The fourth-order valence-corrected chi connectivity index (χ4v) is 2.58. The summed E-state index contributed by atoms with van der Waals surface area (Å²) in [5, 5.41) is 3.57. The highest BCUT2D eigenvalue weighted by atomic mass is 14.9. The molecule has 1 heterocycles. The van der Waals surface area contributed by atoms with E-state index < -0.39 is 0 Å². The largest absolute Gasteiger partial charge is 0.316 e. The normalized spacial score (nSPS) is 24.8. The van der Waals surface area contributed by atoms with E-state index in [1.54, 1.807) is 0 Å². The summed E-state index contributed by atoms with van der Waals surface area (Å²) in [5.74, 6) is 1.83. The molecule has 0 aromatic carbocycles. The summed E-state index contributed by atoms with van der Waals surface area (Å²) in [4.78, 5) is 4.32. The minimum atomic E-state index is 0.906. The van der Waals surface area contributed by atoms with Crippen molar-refractivity contribution in [2.45, 2.75) is 32.6 Å². The van der Waals surface area contributed by atoms with Crippen molar-refractivity contribution in [3.8, 4) is 0 Å². The molecule has 2 unspecified atom stereocenters. The van der Waals surface area contributed by atoms with Gasteiger partial charge in [-0.25, -0.2) is 0 Å². The maximum absolute atomic E-state index is 4.32. The van der Waals surface area contributed by atoms with Crippen LogP contribution in [-0.4, -0.2) is 18.1 Å². The van der Waals surface area contributed by atoms with Crippen LogP contribution in [-0.2, 0) is 6.42 Å². The lowest BCUT2D eigenvalue weighted by atomic mass is 9.98. The van der Waals surface area contributed by atoms with E-state index >= 15 is 0 Å². The van der Waals surface area contributed by atoms with Crippen molar-refractivity contribution in [2.75, 3.05) is 13.1 Å². The van der Waals surface area contributed by atoms with E-state index in [2.05, 4.69) is 29.4 Å². The molecule has 2 nitrogen and oxygen atoms in total. The highest BCUT2D eigenvalue weighted by Gasteiger charge is 2.22. The molecule has 1 aliphatic rings. The summed E-state index contributed by atoms with van der Waals surface area (Å²) in [6.45, 7) is 4.63. The van der Waals surface area contributed by atoms with Gasteiger partial charge in [-0.05, 0) is 36.9 Å². The summed E-state index contributed by atoms with van der Waals surface area (Å²) in [7, 11) is 0. The Bertz CT molecular complexity index is 297. The molecule has 1 aliphatic carbocycles. The van der Waals surface area contributed by atoms with Gasteiger partial charge in [0.15, 0.2) is 0 Å². The van der Waals surface area contributed by atoms with Crippen LogP contribution in [0.5, 0.6) is 0 Å². The van der Waals surface area contributed by atoms with Gasteiger partial charge in [-0.1, -0.05) is 25.8 Å². The second-order valence-corrected chi connectivity index (χ2v) is 4.94. The fourth-order valence-electron chi connectivity index (χ4n) is 2.58. The lowest BCUT2D eigenvalue weighted by Crippen LogP contribution is -2.26. The number of rotatable bonds is 5. The Morgan fingerprint density at radius 1 is 1.38 bits per heavy atom. The lowest BCUT2D eigenvalue weighted by molar-refractivity contribution is 0.393. The van der Waals surface area contributed by atoms with Crippen LogP contribution in [0.3, 0.4) is 0 Å². The summed E-state index contributed by atoms with van der Waals surface area (Å²) in [5.41, 5.74) is 1.19. The molecule has 0 bridgehead atoms. The minimum absolute atomic E-state index is 0.906. The van der Waals surface area contributed by atoms with Gasteiger partial charge in [0.2, 0.25) is 0 Å². The minimum Gasteiger partial charge on any atom is -0.316 e. The summed E-state index contributed by atoms with van der Waals surface area (Å²) < 4.78 is 0. The molecule has 0 spiro atoms. The molecule has 1 aromatic rings. The zero-order valence-corrected chi connectivity index (χ0v) is 10.2. The first kappa shape index (κ1) is 11.6. The summed E-state index contributed by atoms with van der Waals surface area (Å²) >= 11 is 0. The van der Waals surface area contributed by atoms with Crippen LogP contribution in [0, 0.1) is 11.8 Å². The Hall–Kier alpha value is -0.890. The van der Waals surface area contributed by atoms with Gasteiger partial charge >= 0.3 is 0 Å². The Balaban J connectivity index is 1.62. The molecule has 88 valence electrons. The van der Waals surface area contributed by atoms with E-state index in [4.69, 9.17) is 0 Å². The van der Waals surface area contributed by atoms with Gasteiger partial charge in [-0.2, -0.15) is 0 Å². The van der Waals surface area contributed by atoms with Crippen LogP contribution in [0.25, 0.3) is 0 Å². The number of hydrogen-bond acceptors (Lipinski definition) is 2. The molecule has 0 aliphatic heterocycles. The van der Waals surface area contributed by atoms with Gasteiger partial charge in [0.25, 0.3) is 0 Å². The van der Waals surface area contributed by atoms with E-state index in [0.29, 0.717) is 0 Å². The predicted octanol–water partition coefficient (Wildman–Crippen LogP) is 2.65. The third kappa shape index (κ3) is 3.31. The molecule has 0 amide bonds. The van der Waals surface area contributed by atoms with Crippen LogP contribution in [0.15, 0.2) is 24.4 Å². The molecular formula is C14H22N2. The van der Waals surface area contributed by atoms with E-state index in [-0.39, 0.29) is 0 Å². The average Bonchev–Trinajstić information content (AvgIpc) is 2.72. The monoisotopic (exact) mass is 218 g/mol. The number of nitrogens with one attached hydrogen (secondary N) is 1. The highest BCUT2D eigenvalue weighted by Crippen LogP contribution is 2.30. The Kier molecular flexibility index (Phi) is 4.34. The van der Waals surface area contributed by atoms with Gasteiger partial charge in [-0.3, -0.25) is 4.98 Å². The number of nitrogens with zero attached hydrogens (tertiary/aromatic N) is 1. The average molecular weight is 218 g/mol. The second kappa shape index (κ2) is 6.00. The smallest absolute Gasteiger partial charge is 0.0416 e. The van der Waals surface area contributed by atoms with Crippen LogP contribution < -0.4 is 5.32 Å². The van der Waals surface area contributed by atoms with Crippen molar-refractivity contribution in [1.82, 2.24) is 10.3 Å². The van der Waals surface area contributed by atoms with Crippen molar-refractivity contribution in [1.29, 1.82) is 0 Å². The van der Waals surface area contributed by atoms with E-state index in [1.807, 2.05) is 12.3 Å². The Labute approximate surface area is 98.5 Å². The topological polar surface area (TPSA) is 24.9 Å². The second-order valence-electron chi connectivity index (χ2n) is 4.94. The molecular weight excluding hydrogens is 196 g/mol. The maximum atomic E-state index is 4.32. The van der Waals surface area contributed by atoms with Crippen molar-refractivity contribution in [2.24, 2.45) is 11.8 Å². The Morgan fingerprint density at radius 2 is 2.31 bits per heavy atom. The van der Waals surface area contributed by atoms with Gasteiger partial charge < -0.3 is 5.32 Å². The molecule has 2 rings (SSSR count). The summed E-state index contributed by atoms with van der Waals surface area (Å²) in [6.07, 6.45) is 7.18. The molecule has 1 N–H and O–H groups in total. The van der Waals surface area contributed by atoms with Gasteiger partial charge in [-0.15, -0.1) is 0 Å². The molecule has 1 aromatic heterocycles. The molecule has 1 fully saturated rings. The molecule has 0 saturated heterocycles. The fraction of sp³-hybridized carbons (Fsp3) is 0.643. The third-order valence-corrected chi connectivity index (χ3v) is 3.73. The number of aromatic nitrogens is 1. The van der Waals surface area contributed by atoms with Crippen LogP contribution in [0.1, 0.15) is 31.9 Å². The van der Waals surface area contributed by atoms with Crippen LogP contribution in [0.2, 0.25) is 0 Å². The van der Waals surface area contributed by atoms with Gasteiger partial charge in [0.1, 0.15) is 0 Å². The maximum Gasteiger partial charge on any atom is 0.0416 e. The molecule has 16 heavy (non-hydrogen) atoms. The number of hydrogen-bond donors (Lipinski definition) is 1. The van der Waals surface area contributed by atoms with Gasteiger partial charge in [0, 0.05) is 24.9 Å². The molecule has 2 atom stereocenters. The third-order valence-electron chi connectivity index (χ3n) is 3.73. The van der Waals surface area contributed by atoms with E-state index in [1.165, 1.54) is 31.5 Å². The first-order chi connectivity index (χ1) is 7.86. The van der Waals surface area contributed by atoms with Crippen molar-refractivity contribution < 1.29 is 0 Å². The van der Waals surface area contributed by atoms with Crippen molar-refractivity contribution >= 4 is 0 Å². The summed E-state index contributed by atoms with van der Waals surface area (Å²) in [6, 6.07) is 6.12. The first-order valence-electron chi connectivity index (χ1n) is 6.47. The lowest BCUT2D eigenvalue weighted by Gasteiger charge is -2.15. The highest BCUT2D eigenvalue weighted by molar-refractivity contribution is 5.03. The molecule has 1 saturated carbocycles. The SMILES string of the molecule is CC1CCCC1CNCCc1ccccn1. The Morgan fingerprint density at radius 3 is 3.00 bits per heavy atom. The van der Waals surface area contributed by atoms with Crippen molar-refractivity contribution in [3.63, 3.8) is 0 Å².